The molecule has 1 saturated heterocycles. The van der Waals surface area contributed by atoms with Crippen molar-refractivity contribution < 1.29 is 26.8 Å². The fourth-order valence-electron chi connectivity index (χ4n) is 5.53. The molecule has 0 atom stereocenters. The van der Waals surface area contributed by atoms with Gasteiger partial charge in [-0.05, 0) is 93.5 Å². The van der Waals surface area contributed by atoms with Gasteiger partial charge < -0.3 is 19.6 Å². The molecular formula is C32H30F2N6O4S. The van der Waals surface area contributed by atoms with Gasteiger partial charge in [-0.25, -0.2) is 18.7 Å². The number of fused-ring (bicyclic) bond motifs is 1. The first-order chi connectivity index (χ1) is 21.8. The molecule has 0 radical (unpaired) electrons. The quantitative estimate of drug-likeness (QED) is 0.134. The van der Waals surface area contributed by atoms with Gasteiger partial charge in [-0.2, -0.15) is 8.42 Å². The molecule has 1 fully saturated rings. The summed E-state index contributed by atoms with van der Waals surface area (Å²) in [6.45, 7) is 4.34. The molecule has 2 aromatic heterocycles. The Labute approximate surface area is 258 Å². The number of anilines is 3. The normalized spacial score (nSPS) is 13.6. The Balaban J connectivity index is 1.16. The standard InChI is InChI=1S/C32H30F2N6O4S/c33-27-5-3-6-28(34)32(27)45(42,43)40(44-22-41)26-10-8-25(9-11-26)37-31-20-29(35-21-36-31)23-7-12-30-24(19-23)13-18-39(30)17-4-16-38-14-1-2-15-38/h3,5-13,18-22H,1-2,4,14-17H2,(H,35,36,37). The fraction of sp³-hybridized carbons (Fsp3) is 0.219. The van der Waals surface area contributed by atoms with E-state index >= 15 is 0 Å². The lowest BCUT2D eigenvalue weighted by molar-refractivity contribution is -0.128. The van der Waals surface area contributed by atoms with Gasteiger partial charge in [0.25, 0.3) is 0 Å². The van der Waals surface area contributed by atoms with Crippen LogP contribution >= 0.6 is 0 Å². The zero-order valence-electron chi connectivity index (χ0n) is 24.1. The Bertz CT molecular complexity index is 1910. The molecule has 1 aliphatic rings. The first-order valence-corrected chi connectivity index (χ1v) is 15.9. The van der Waals surface area contributed by atoms with Gasteiger partial charge in [-0.15, -0.1) is 0 Å². The molecule has 0 unspecified atom stereocenters. The van der Waals surface area contributed by atoms with Gasteiger partial charge >= 0.3 is 16.5 Å². The highest BCUT2D eigenvalue weighted by molar-refractivity contribution is 7.92. The monoisotopic (exact) mass is 632 g/mol. The predicted octanol–water partition coefficient (Wildman–Crippen LogP) is 5.89. The lowest BCUT2D eigenvalue weighted by Crippen LogP contribution is -2.32. The molecule has 0 spiro atoms. The van der Waals surface area contributed by atoms with Crippen molar-refractivity contribution >= 4 is 44.6 Å². The zero-order chi connectivity index (χ0) is 31.4. The number of hydrogen-bond donors (Lipinski definition) is 1. The lowest BCUT2D eigenvalue weighted by atomic mass is 10.1. The maximum absolute atomic E-state index is 14.3. The van der Waals surface area contributed by atoms with Crippen LogP contribution in [0.1, 0.15) is 19.3 Å². The first kappa shape index (κ1) is 30.2. The number of likely N-dealkylation sites (tertiary alicyclic amines) is 1. The number of nitrogens with one attached hydrogen (secondary N) is 1. The van der Waals surface area contributed by atoms with Crippen molar-refractivity contribution in [2.24, 2.45) is 0 Å². The molecule has 13 heteroatoms. The molecule has 3 heterocycles. The molecule has 0 amide bonds. The van der Waals surface area contributed by atoms with Crippen molar-refractivity contribution in [2.45, 2.75) is 30.7 Å². The average molecular weight is 633 g/mol. The van der Waals surface area contributed by atoms with Crippen LogP contribution in [0, 0.1) is 11.6 Å². The number of halogens is 2. The summed E-state index contributed by atoms with van der Waals surface area (Å²) in [5, 5.41) is 4.25. The van der Waals surface area contributed by atoms with Crippen LogP contribution in [0.5, 0.6) is 0 Å². The number of carbonyl (C=O) groups is 1. The summed E-state index contributed by atoms with van der Waals surface area (Å²) < 4.78 is 57.0. The van der Waals surface area contributed by atoms with Crippen LogP contribution < -0.4 is 9.79 Å². The highest BCUT2D eigenvalue weighted by Gasteiger charge is 2.33. The number of benzene rings is 3. The van der Waals surface area contributed by atoms with Crippen LogP contribution in [0.2, 0.25) is 0 Å². The van der Waals surface area contributed by atoms with Gasteiger partial charge in [-0.3, -0.25) is 4.79 Å². The summed E-state index contributed by atoms with van der Waals surface area (Å²) in [4.78, 5) is 25.8. The van der Waals surface area contributed by atoms with E-state index in [4.69, 9.17) is 0 Å². The molecule has 1 N–H and O–H groups in total. The Morgan fingerprint density at radius 3 is 2.42 bits per heavy atom. The molecule has 3 aromatic carbocycles. The maximum atomic E-state index is 14.3. The lowest BCUT2D eigenvalue weighted by Gasteiger charge is -2.21. The molecular weight excluding hydrogens is 602 g/mol. The molecule has 6 rings (SSSR count). The largest absolute Gasteiger partial charge is 0.347 e. The van der Waals surface area contributed by atoms with E-state index in [1.165, 1.54) is 62.0 Å². The molecule has 10 nitrogen and oxygen atoms in total. The van der Waals surface area contributed by atoms with Crippen LogP contribution in [0.3, 0.4) is 0 Å². The minimum Gasteiger partial charge on any atom is -0.347 e. The van der Waals surface area contributed by atoms with Crippen LogP contribution in [0.15, 0.2) is 90.2 Å². The summed E-state index contributed by atoms with van der Waals surface area (Å²) >= 11 is 0. The summed E-state index contributed by atoms with van der Waals surface area (Å²) in [6, 6.07) is 18.4. The van der Waals surface area contributed by atoms with Crippen LogP contribution in [0.4, 0.5) is 26.0 Å². The van der Waals surface area contributed by atoms with E-state index in [2.05, 4.69) is 54.0 Å². The van der Waals surface area contributed by atoms with Crippen molar-refractivity contribution in [1.82, 2.24) is 19.4 Å². The SMILES string of the molecule is O=CON(c1ccc(Nc2cc(-c3ccc4c(ccn4CCCN4CCCC4)c3)ncn2)cc1)S(=O)(=O)c1c(F)cccc1F. The van der Waals surface area contributed by atoms with E-state index < -0.39 is 26.6 Å². The Kier molecular flexibility index (Phi) is 8.71. The third kappa shape index (κ3) is 6.49. The van der Waals surface area contributed by atoms with E-state index in [0.717, 1.165) is 48.7 Å². The number of hydrogen-bond acceptors (Lipinski definition) is 8. The fourth-order valence-corrected chi connectivity index (χ4v) is 6.87. The van der Waals surface area contributed by atoms with Crippen molar-refractivity contribution in [3.05, 3.63) is 97.0 Å². The van der Waals surface area contributed by atoms with Gasteiger partial charge in [0.1, 0.15) is 23.8 Å². The van der Waals surface area contributed by atoms with Crippen molar-refractivity contribution in [2.75, 3.05) is 29.4 Å². The van der Waals surface area contributed by atoms with E-state index in [-0.39, 0.29) is 16.6 Å². The van der Waals surface area contributed by atoms with Crippen molar-refractivity contribution in [1.29, 1.82) is 0 Å². The smallest absolute Gasteiger partial charge is 0.322 e. The molecule has 0 bridgehead atoms. The second kappa shape index (κ2) is 13.0. The molecule has 5 aromatic rings. The van der Waals surface area contributed by atoms with Gasteiger partial charge in [0.2, 0.25) is 0 Å². The Hall–Kier alpha value is -4.88. The minimum absolute atomic E-state index is 0.146. The molecule has 0 aliphatic carbocycles. The van der Waals surface area contributed by atoms with Gasteiger partial charge in [0.15, 0.2) is 4.90 Å². The third-order valence-corrected chi connectivity index (χ3v) is 9.33. The molecule has 232 valence electrons. The zero-order valence-corrected chi connectivity index (χ0v) is 25.0. The number of nitrogens with zero attached hydrogens (tertiary/aromatic N) is 5. The Morgan fingerprint density at radius 2 is 1.69 bits per heavy atom. The van der Waals surface area contributed by atoms with Gasteiger partial charge in [0.05, 0.1) is 11.4 Å². The number of carbonyl (C=O) groups excluding carboxylic acids is 1. The Morgan fingerprint density at radius 1 is 0.933 bits per heavy atom. The second-order valence-corrected chi connectivity index (χ2v) is 12.3. The maximum Gasteiger partial charge on any atom is 0.322 e. The number of sulfonamides is 1. The van der Waals surface area contributed by atoms with E-state index in [0.29, 0.717) is 17.2 Å². The minimum atomic E-state index is -4.92. The number of aryl methyl sites for hydroxylation is 1. The third-order valence-electron chi connectivity index (χ3n) is 7.69. The van der Waals surface area contributed by atoms with E-state index in [1.54, 1.807) is 6.07 Å². The van der Waals surface area contributed by atoms with Crippen LogP contribution in [0.25, 0.3) is 22.2 Å². The summed E-state index contributed by atoms with van der Waals surface area (Å²) in [5.74, 6) is -2.16. The summed E-state index contributed by atoms with van der Waals surface area (Å²) in [6.07, 6.45) is 7.26. The summed E-state index contributed by atoms with van der Waals surface area (Å²) in [5.41, 5.74) is 3.15. The van der Waals surface area contributed by atoms with Crippen LogP contribution in [-0.2, 0) is 26.2 Å². The van der Waals surface area contributed by atoms with E-state index in [1.807, 2.05) is 6.07 Å². The first-order valence-electron chi connectivity index (χ1n) is 14.4. The molecule has 0 saturated carbocycles. The summed E-state index contributed by atoms with van der Waals surface area (Å²) in [7, 11) is -4.92. The highest BCUT2D eigenvalue weighted by Crippen LogP contribution is 2.30. The van der Waals surface area contributed by atoms with Gasteiger partial charge in [-0.1, -0.05) is 16.6 Å². The average Bonchev–Trinajstić information content (AvgIpc) is 3.70. The van der Waals surface area contributed by atoms with E-state index in [9.17, 15) is 22.0 Å². The predicted molar refractivity (Wildman–Crippen MR) is 166 cm³/mol. The van der Waals surface area contributed by atoms with Crippen LogP contribution in [-0.4, -0.2) is 54.0 Å². The topological polar surface area (TPSA) is 110 Å². The van der Waals surface area contributed by atoms with Gasteiger partial charge in [0, 0.05) is 41.0 Å². The van der Waals surface area contributed by atoms with Crippen molar-refractivity contribution in [3.8, 4) is 11.3 Å². The second-order valence-electron chi connectivity index (χ2n) is 10.6. The number of aromatic nitrogens is 3. The number of rotatable bonds is 12. The van der Waals surface area contributed by atoms with Crippen molar-refractivity contribution in [3.63, 3.8) is 0 Å². The molecule has 1 aliphatic heterocycles. The molecule has 45 heavy (non-hydrogen) atoms. The highest BCUT2D eigenvalue weighted by atomic mass is 32.2.